The molecule has 1 rings (SSSR count). The summed E-state index contributed by atoms with van der Waals surface area (Å²) in [7, 11) is 0. The number of esters is 4. The van der Waals surface area contributed by atoms with Crippen molar-refractivity contribution in [1.82, 2.24) is 0 Å². The van der Waals surface area contributed by atoms with Gasteiger partial charge in [-0.15, -0.1) is 0 Å². The van der Waals surface area contributed by atoms with Crippen molar-refractivity contribution < 1.29 is 38.1 Å². The van der Waals surface area contributed by atoms with E-state index < -0.39 is 11.9 Å². The van der Waals surface area contributed by atoms with Crippen LogP contribution in [0.5, 0.6) is 0 Å². The molecule has 0 atom stereocenters. The molecule has 0 radical (unpaired) electrons. The van der Waals surface area contributed by atoms with Gasteiger partial charge in [0.25, 0.3) is 0 Å². The third-order valence-corrected chi connectivity index (χ3v) is 3.42. The highest BCUT2D eigenvalue weighted by Crippen LogP contribution is 2.08. The molecular weight excluding hydrogens is 368 g/mol. The van der Waals surface area contributed by atoms with Gasteiger partial charge in [0.1, 0.15) is 26.4 Å². The lowest BCUT2D eigenvalue weighted by Gasteiger charge is -2.09. The number of carbonyl (C=O) groups is 4. The number of carbonyl (C=O) groups excluding carboxylic acids is 4. The van der Waals surface area contributed by atoms with Crippen LogP contribution in [0.1, 0.15) is 48.4 Å². The standard InChI is InChI=1S/C20H26O8/c1-13(2)17(21)25-9-11-27-19(23)15-5-7-16(8-6-15)20(24)28-12-10-26-18(22)14(3)4/h5-8,13-14H,9-12H2,1-4H3. The first-order valence-electron chi connectivity index (χ1n) is 9.00. The zero-order chi connectivity index (χ0) is 21.1. The summed E-state index contributed by atoms with van der Waals surface area (Å²) in [6, 6.07) is 5.71. The molecule has 28 heavy (non-hydrogen) atoms. The summed E-state index contributed by atoms with van der Waals surface area (Å²) in [5.74, 6) is -2.41. The largest absolute Gasteiger partial charge is 0.462 e. The third-order valence-electron chi connectivity index (χ3n) is 3.42. The number of hydrogen-bond donors (Lipinski definition) is 0. The average molecular weight is 394 g/mol. The summed E-state index contributed by atoms with van der Waals surface area (Å²) in [6.07, 6.45) is 0. The molecule has 0 aliphatic carbocycles. The fraction of sp³-hybridized carbons (Fsp3) is 0.500. The van der Waals surface area contributed by atoms with Gasteiger partial charge >= 0.3 is 23.9 Å². The highest BCUT2D eigenvalue weighted by Gasteiger charge is 2.13. The fourth-order valence-corrected chi connectivity index (χ4v) is 1.80. The second kappa shape index (κ2) is 11.7. The Morgan fingerprint density at radius 3 is 1.18 bits per heavy atom. The van der Waals surface area contributed by atoms with Crippen LogP contribution in [0.2, 0.25) is 0 Å². The SMILES string of the molecule is CC(C)C(=O)OCCOC(=O)c1ccc(C(=O)OCCOC(=O)C(C)C)cc1. The maximum atomic E-state index is 11.9. The topological polar surface area (TPSA) is 105 Å². The number of ether oxygens (including phenoxy) is 4. The molecule has 0 aromatic heterocycles. The molecule has 8 heteroatoms. The molecule has 0 aliphatic rings. The van der Waals surface area contributed by atoms with Crippen LogP contribution in [-0.2, 0) is 28.5 Å². The molecule has 0 aliphatic heterocycles. The van der Waals surface area contributed by atoms with Gasteiger partial charge < -0.3 is 18.9 Å². The van der Waals surface area contributed by atoms with E-state index in [-0.39, 0.29) is 61.3 Å². The van der Waals surface area contributed by atoms with Crippen molar-refractivity contribution in [3.05, 3.63) is 35.4 Å². The van der Waals surface area contributed by atoms with Gasteiger partial charge in [0, 0.05) is 0 Å². The van der Waals surface area contributed by atoms with Crippen molar-refractivity contribution in [2.75, 3.05) is 26.4 Å². The molecule has 0 heterocycles. The van der Waals surface area contributed by atoms with E-state index in [4.69, 9.17) is 18.9 Å². The van der Waals surface area contributed by atoms with Gasteiger partial charge in [0.2, 0.25) is 0 Å². The quantitative estimate of drug-likeness (QED) is 0.338. The van der Waals surface area contributed by atoms with E-state index in [1.54, 1.807) is 27.7 Å². The van der Waals surface area contributed by atoms with Crippen molar-refractivity contribution in [2.45, 2.75) is 27.7 Å². The van der Waals surface area contributed by atoms with Crippen molar-refractivity contribution in [3.63, 3.8) is 0 Å². The van der Waals surface area contributed by atoms with E-state index in [9.17, 15) is 19.2 Å². The van der Waals surface area contributed by atoms with Crippen molar-refractivity contribution in [1.29, 1.82) is 0 Å². The van der Waals surface area contributed by atoms with Gasteiger partial charge in [-0.25, -0.2) is 9.59 Å². The molecule has 0 fully saturated rings. The van der Waals surface area contributed by atoms with Crippen molar-refractivity contribution in [2.24, 2.45) is 11.8 Å². The normalized spacial score (nSPS) is 10.5. The van der Waals surface area contributed by atoms with Crippen LogP contribution in [0.15, 0.2) is 24.3 Å². The lowest BCUT2D eigenvalue weighted by atomic mass is 10.1. The molecule has 1 aromatic carbocycles. The third kappa shape index (κ3) is 8.20. The lowest BCUT2D eigenvalue weighted by molar-refractivity contribution is -0.149. The van der Waals surface area contributed by atoms with Gasteiger partial charge in [-0.2, -0.15) is 0 Å². The van der Waals surface area contributed by atoms with Crippen LogP contribution in [0.4, 0.5) is 0 Å². The smallest absolute Gasteiger partial charge is 0.338 e. The Morgan fingerprint density at radius 2 is 0.893 bits per heavy atom. The Kier molecular flexibility index (Phi) is 9.70. The van der Waals surface area contributed by atoms with Crippen LogP contribution >= 0.6 is 0 Å². The first-order valence-corrected chi connectivity index (χ1v) is 9.00. The van der Waals surface area contributed by atoms with E-state index in [1.807, 2.05) is 0 Å². The summed E-state index contributed by atoms with van der Waals surface area (Å²) in [6.45, 7) is 6.67. The average Bonchev–Trinajstić information content (AvgIpc) is 2.67. The van der Waals surface area contributed by atoms with Crippen LogP contribution in [0, 0.1) is 11.8 Å². The Labute approximate surface area is 164 Å². The zero-order valence-corrected chi connectivity index (χ0v) is 16.6. The minimum atomic E-state index is -0.596. The first kappa shape index (κ1) is 23.1. The lowest BCUT2D eigenvalue weighted by Crippen LogP contribution is -2.17. The van der Waals surface area contributed by atoms with Crippen LogP contribution in [0.25, 0.3) is 0 Å². The van der Waals surface area contributed by atoms with Crippen LogP contribution < -0.4 is 0 Å². The Bertz CT molecular complexity index is 617. The van der Waals surface area contributed by atoms with E-state index in [2.05, 4.69) is 0 Å². The molecule has 0 bridgehead atoms. The second-order valence-electron chi connectivity index (χ2n) is 6.49. The first-order chi connectivity index (χ1) is 13.2. The number of rotatable bonds is 10. The van der Waals surface area contributed by atoms with Crippen molar-refractivity contribution >= 4 is 23.9 Å². The summed E-state index contributed by atoms with van der Waals surface area (Å²) < 4.78 is 19.8. The molecule has 8 nitrogen and oxygen atoms in total. The van der Waals surface area contributed by atoms with Gasteiger partial charge in [-0.1, -0.05) is 27.7 Å². The summed E-state index contributed by atoms with van der Waals surface area (Å²) in [5.41, 5.74) is 0.496. The monoisotopic (exact) mass is 394 g/mol. The van der Waals surface area contributed by atoms with Crippen LogP contribution in [-0.4, -0.2) is 50.3 Å². The molecule has 0 spiro atoms. The van der Waals surface area contributed by atoms with Gasteiger partial charge in [-0.05, 0) is 24.3 Å². The maximum Gasteiger partial charge on any atom is 0.338 e. The molecule has 0 saturated carbocycles. The minimum absolute atomic E-state index is 0.0193. The van der Waals surface area contributed by atoms with E-state index in [0.717, 1.165) is 0 Å². The van der Waals surface area contributed by atoms with E-state index in [0.29, 0.717) is 0 Å². The summed E-state index contributed by atoms with van der Waals surface area (Å²) >= 11 is 0. The van der Waals surface area contributed by atoms with Crippen LogP contribution in [0.3, 0.4) is 0 Å². The second-order valence-corrected chi connectivity index (χ2v) is 6.49. The molecular formula is C20H26O8. The highest BCUT2D eigenvalue weighted by atomic mass is 16.6. The molecule has 0 unspecified atom stereocenters. The maximum absolute atomic E-state index is 11.9. The molecule has 0 N–H and O–H groups in total. The molecule has 154 valence electrons. The molecule has 1 aromatic rings. The zero-order valence-electron chi connectivity index (χ0n) is 16.6. The molecule has 0 saturated heterocycles. The Hall–Kier alpha value is -2.90. The van der Waals surface area contributed by atoms with Crippen molar-refractivity contribution in [3.8, 4) is 0 Å². The summed E-state index contributed by atoms with van der Waals surface area (Å²) in [5, 5.41) is 0. The Balaban J connectivity index is 2.37. The number of hydrogen-bond acceptors (Lipinski definition) is 8. The highest BCUT2D eigenvalue weighted by molar-refractivity contribution is 5.93. The molecule has 0 amide bonds. The predicted octanol–water partition coefficient (Wildman–Crippen LogP) is 2.40. The Morgan fingerprint density at radius 1 is 0.607 bits per heavy atom. The van der Waals surface area contributed by atoms with Gasteiger partial charge in [0.15, 0.2) is 0 Å². The number of benzene rings is 1. The van der Waals surface area contributed by atoms with Gasteiger partial charge in [0.05, 0.1) is 23.0 Å². The van der Waals surface area contributed by atoms with Gasteiger partial charge in [-0.3, -0.25) is 9.59 Å². The minimum Gasteiger partial charge on any atom is -0.462 e. The van der Waals surface area contributed by atoms with E-state index in [1.165, 1.54) is 24.3 Å². The predicted molar refractivity (Wildman–Crippen MR) is 98.6 cm³/mol. The fourth-order valence-electron chi connectivity index (χ4n) is 1.80. The summed E-state index contributed by atoms with van der Waals surface area (Å²) in [4.78, 5) is 46.4. The van der Waals surface area contributed by atoms with E-state index >= 15 is 0 Å².